The van der Waals surface area contributed by atoms with Crippen molar-refractivity contribution in [1.82, 2.24) is 9.80 Å². The lowest BCUT2D eigenvalue weighted by Crippen LogP contribution is -2.48. The standard InChI is InChI=1S/C15H31N3O2/c1-4-13(7-8-17-9-11-20-12-10-17)14(16)15(19)18(5-2)6-3/h13-14H,4-12,16H2,1-3H3. The number of ether oxygens (including phenoxy) is 1. The Balaban J connectivity index is 2.44. The van der Waals surface area contributed by atoms with Gasteiger partial charge in [0.25, 0.3) is 0 Å². The number of nitrogens with two attached hydrogens (primary N) is 1. The van der Waals surface area contributed by atoms with E-state index in [1.54, 1.807) is 0 Å². The number of hydrogen-bond donors (Lipinski definition) is 1. The molecule has 2 atom stereocenters. The Kier molecular flexibility index (Phi) is 8.11. The number of morpholine rings is 1. The van der Waals surface area contributed by atoms with E-state index in [2.05, 4.69) is 11.8 Å². The predicted molar refractivity (Wildman–Crippen MR) is 81.6 cm³/mol. The van der Waals surface area contributed by atoms with Crippen LogP contribution in [0, 0.1) is 5.92 Å². The SMILES string of the molecule is CCC(CCN1CCOCC1)C(N)C(=O)N(CC)CC. The van der Waals surface area contributed by atoms with Crippen LogP contribution in [0.3, 0.4) is 0 Å². The maximum absolute atomic E-state index is 12.3. The van der Waals surface area contributed by atoms with Crippen LogP contribution < -0.4 is 5.73 Å². The van der Waals surface area contributed by atoms with E-state index in [0.717, 1.165) is 58.8 Å². The quantitative estimate of drug-likeness (QED) is 0.721. The molecule has 1 rings (SSSR count). The van der Waals surface area contributed by atoms with Gasteiger partial charge in [0.2, 0.25) is 5.91 Å². The summed E-state index contributed by atoms with van der Waals surface area (Å²) < 4.78 is 5.35. The fourth-order valence-electron chi connectivity index (χ4n) is 2.76. The number of hydrogen-bond acceptors (Lipinski definition) is 4. The van der Waals surface area contributed by atoms with E-state index in [0.29, 0.717) is 0 Å². The van der Waals surface area contributed by atoms with Crippen molar-refractivity contribution in [3.8, 4) is 0 Å². The van der Waals surface area contributed by atoms with E-state index in [1.807, 2.05) is 18.7 Å². The zero-order chi connectivity index (χ0) is 15.0. The highest BCUT2D eigenvalue weighted by atomic mass is 16.5. The molecule has 0 aromatic rings. The van der Waals surface area contributed by atoms with Gasteiger partial charge in [-0.25, -0.2) is 0 Å². The van der Waals surface area contributed by atoms with Crippen LogP contribution in [0.5, 0.6) is 0 Å². The monoisotopic (exact) mass is 285 g/mol. The van der Waals surface area contributed by atoms with Gasteiger partial charge in [-0.3, -0.25) is 9.69 Å². The van der Waals surface area contributed by atoms with Crippen molar-refractivity contribution in [2.24, 2.45) is 11.7 Å². The van der Waals surface area contributed by atoms with Gasteiger partial charge in [-0.05, 0) is 32.7 Å². The van der Waals surface area contributed by atoms with Gasteiger partial charge >= 0.3 is 0 Å². The van der Waals surface area contributed by atoms with Gasteiger partial charge in [-0.15, -0.1) is 0 Å². The van der Waals surface area contributed by atoms with Crippen LogP contribution in [0.25, 0.3) is 0 Å². The highest BCUT2D eigenvalue weighted by Gasteiger charge is 2.26. The molecule has 1 heterocycles. The molecule has 0 aromatic carbocycles. The van der Waals surface area contributed by atoms with E-state index < -0.39 is 0 Å². The number of rotatable bonds is 8. The third kappa shape index (κ3) is 5.04. The van der Waals surface area contributed by atoms with Crippen LogP contribution >= 0.6 is 0 Å². The number of amides is 1. The molecule has 1 amide bonds. The maximum atomic E-state index is 12.3. The molecule has 0 saturated carbocycles. The fourth-order valence-corrected chi connectivity index (χ4v) is 2.76. The first-order valence-electron chi connectivity index (χ1n) is 7.98. The fraction of sp³-hybridized carbons (Fsp3) is 0.933. The Bertz CT molecular complexity index is 276. The van der Waals surface area contributed by atoms with E-state index in [4.69, 9.17) is 10.5 Å². The average molecular weight is 285 g/mol. The lowest BCUT2D eigenvalue weighted by atomic mass is 9.92. The van der Waals surface area contributed by atoms with Crippen LogP contribution in [0.4, 0.5) is 0 Å². The molecule has 2 N–H and O–H groups in total. The van der Waals surface area contributed by atoms with Crippen molar-refractivity contribution in [3.63, 3.8) is 0 Å². The third-order valence-corrected chi connectivity index (χ3v) is 4.31. The van der Waals surface area contributed by atoms with Crippen LogP contribution in [0.15, 0.2) is 0 Å². The molecule has 5 nitrogen and oxygen atoms in total. The van der Waals surface area contributed by atoms with Crippen molar-refractivity contribution in [2.45, 2.75) is 39.7 Å². The maximum Gasteiger partial charge on any atom is 0.239 e. The van der Waals surface area contributed by atoms with E-state index >= 15 is 0 Å². The number of likely N-dealkylation sites (N-methyl/N-ethyl adjacent to an activating group) is 1. The van der Waals surface area contributed by atoms with Gasteiger partial charge in [0.05, 0.1) is 19.3 Å². The second-order valence-corrected chi connectivity index (χ2v) is 5.45. The summed E-state index contributed by atoms with van der Waals surface area (Å²) in [5.74, 6) is 0.370. The highest BCUT2D eigenvalue weighted by Crippen LogP contribution is 2.15. The summed E-state index contributed by atoms with van der Waals surface area (Å²) in [6.45, 7) is 12.3. The third-order valence-electron chi connectivity index (χ3n) is 4.31. The van der Waals surface area contributed by atoms with Crippen molar-refractivity contribution in [3.05, 3.63) is 0 Å². The van der Waals surface area contributed by atoms with Gasteiger partial charge in [0, 0.05) is 26.2 Å². The largest absolute Gasteiger partial charge is 0.379 e. The van der Waals surface area contributed by atoms with Crippen LogP contribution in [0.2, 0.25) is 0 Å². The van der Waals surface area contributed by atoms with E-state index in [9.17, 15) is 4.79 Å². The molecule has 1 aliphatic heterocycles. The number of carbonyl (C=O) groups is 1. The molecule has 0 aromatic heterocycles. The van der Waals surface area contributed by atoms with Crippen molar-refractivity contribution in [2.75, 3.05) is 45.9 Å². The van der Waals surface area contributed by atoms with Gasteiger partial charge in [-0.2, -0.15) is 0 Å². The molecule has 0 aliphatic carbocycles. The Morgan fingerprint density at radius 3 is 2.35 bits per heavy atom. The topological polar surface area (TPSA) is 58.8 Å². The zero-order valence-electron chi connectivity index (χ0n) is 13.3. The number of nitrogens with zero attached hydrogens (tertiary/aromatic N) is 2. The lowest BCUT2D eigenvalue weighted by molar-refractivity contribution is -0.133. The Labute approximate surface area is 123 Å². The summed E-state index contributed by atoms with van der Waals surface area (Å²) in [6, 6.07) is -0.360. The Morgan fingerprint density at radius 1 is 1.25 bits per heavy atom. The molecular formula is C15H31N3O2. The summed E-state index contributed by atoms with van der Waals surface area (Å²) >= 11 is 0. The van der Waals surface area contributed by atoms with Gasteiger partial charge in [0.15, 0.2) is 0 Å². The van der Waals surface area contributed by atoms with Crippen molar-refractivity contribution in [1.29, 1.82) is 0 Å². The molecule has 1 aliphatic rings. The van der Waals surface area contributed by atoms with Crippen molar-refractivity contribution >= 4 is 5.91 Å². The first-order valence-corrected chi connectivity index (χ1v) is 7.98. The van der Waals surface area contributed by atoms with Gasteiger partial charge < -0.3 is 15.4 Å². The van der Waals surface area contributed by atoms with Gasteiger partial charge in [0.1, 0.15) is 0 Å². The molecule has 118 valence electrons. The average Bonchev–Trinajstić information content (AvgIpc) is 2.49. The smallest absolute Gasteiger partial charge is 0.239 e. The first kappa shape index (κ1) is 17.4. The summed E-state index contributed by atoms with van der Waals surface area (Å²) in [7, 11) is 0. The second-order valence-electron chi connectivity index (χ2n) is 5.45. The van der Waals surface area contributed by atoms with Gasteiger partial charge in [-0.1, -0.05) is 13.3 Å². The second kappa shape index (κ2) is 9.32. The summed E-state index contributed by atoms with van der Waals surface area (Å²) in [6.07, 6.45) is 1.95. The zero-order valence-corrected chi connectivity index (χ0v) is 13.3. The number of carbonyl (C=O) groups excluding carboxylic acids is 1. The van der Waals surface area contributed by atoms with Crippen LogP contribution in [-0.2, 0) is 9.53 Å². The molecule has 2 unspecified atom stereocenters. The van der Waals surface area contributed by atoms with Crippen LogP contribution in [0.1, 0.15) is 33.6 Å². The Morgan fingerprint density at radius 2 is 1.85 bits per heavy atom. The predicted octanol–water partition coefficient (Wildman–Crippen LogP) is 0.931. The Hall–Kier alpha value is -0.650. The molecule has 0 bridgehead atoms. The van der Waals surface area contributed by atoms with E-state index in [1.165, 1.54) is 0 Å². The normalized spacial score (nSPS) is 19.6. The molecular weight excluding hydrogens is 254 g/mol. The van der Waals surface area contributed by atoms with Crippen molar-refractivity contribution < 1.29 is 9.53 Å². The molecule has 1 fully saturated rings. The molecule has 1 saturated heterocycles. The first-order chi connectivity index (χ1) is 9.63. The minimum Gasteiger partial charge on any atom is -0.379 e. The molecule has 20 heavy (non-hydrogen) atoms. The lowest BCUT2D eigenvalue weighted by Gasteiger charge is -2.31. The minimum atomic E-state index is -0.360. The molecule has 5 heteroatoms. The van der Waals surface area contributed by atoms with E-state index in [-0.39, 0.29) is 17.9 Å². The van der Waals surface area contributed by atoms with Crippen LogP contribution in [-0.4, -0.2) is 67.7 Å². The highest BCUT2D eigenvalue weighted by molar-refractivity contribution is 5.81. The molecule has 0 spiro atoms. The summed E-state index contributed by atoms with van der Waals surface area (Å²) in [4.78, 5) is 16.6. The minimum absolute atomic E-state index is 0.101. The summed E-state index contributed by atoms with van der Waals surface area (Å²) in [5, 5.41) is 0. The molecule has 0 radical (unpaired) electrons. The summed E-state index contributed by atoms with van der Waals surface area (Å²) in [5.41, 5.74) is 6.21.